The van der Waals surface area contributed by atoms with E-state index in [9.17, 15) is 4.39 Å². The van der Waals surface area contributed by atoms with Gasteiger partial charge in [0, 0.05) is 19.4 Å². The van der Waals surface area contributed by atoms with Crippen LogP contribution in [0.15, 0.2) is 24.3 Å². The standard InChI is InChI=1S/C15H16FN3O2S/c16-12-3-1-10(2-4-12)9-20-13-14(19-22-18-13)21-15-6-5-11(7-15)8-17-15/h1-4,11,17H,5-9H2. The Bertz CT molecular complexity index is 653. The lowest BCUT2D eigenvalue weighted by Gasteiger charge is -2.27. The van der Waals surface area contributed by atoms with Gasteiger partial charge in [-0.25, -0.2) is 4.39 Å². The molecule has 0 spiro atoms. The van der Waals surface area contributed by atoms with Gasteiger partial charge >= 0.3 is 0 Å². The Kier molecular flexibility index (Phi) is 3.46. The highest BCUT2D eigenvalue weighted by Crippen LogP contribution is 2.42. The summed E-state index contributed by atoms with van der Waals surface area (Å²) in [5.41, 5.74) is 0.576. The molecule has 0 amide bonds. The van der Waals surface area contributed by atoms with E-state index >= 15 is 0 Å². The Balaban J connectivity index is 1.43. The smallest absolute Gasteiger partial charge is 0.292 e. The lowest BCUT2D eigenvalue weighted by molar-refractivity contribution is 0.0474. The van der Waals surface area contributed by atoms with E-state index in [1.165, 1.54) is 18.6 Å². The molecular formula is C15H16FN3O2S. The van der Waals surface area contributed by atoms with Crippen molar-refractivity contribution in [3.05, 3.63) is 35.6 Å². The first kappa shape index (κ1) is 13.9. The van der Waals surface area contributed by atoms with Gasteiger partial charge in [0.1, 0.15) is 12.4 Å². The molecule has 0 radical (unpaired) electrons. The Morgan fingerprint density at radius 3 is 2.77 bits per heavy atom. The number of ether oxygens (including phenoxy) is 2. The Morgan fingerprint density at radius 1 is 1.27 bits per heavy atom. The van der Waals surface area contributed by atoms with Gasteiger partial charge in [-0.2, -0.15) is 0 Å². The minimum Gasteiger partial charge on any atom is -0.468 e. The molecule has 1 aliphatic heterocycles. The molecule has 2 unspecified atom stereocenters. The van der Waals surface area contributed by atoms with Crippen molar-refractivity contribution < 1.29 is 13.9 Å². The number of aromatic nitrogens is 2. The summed E-state index contributed by atoms with van der Waals surface area (Å²) < 4.78 is 33.0. The van der Waals surface area contributed by atoms with Crippen molar-refractivity contribution in [1.82, 2.24) is 14.1 Å². The van der Waals surface area contributed by atoms with E-state index in [2.05, 4.69) is 14.1 Å². The number of nitrogens with zero attached hydrogens (tertiary/aromatic N) is 2. The number of hydrogen-bond acceptors (Lipinski definition) is 6. The fourth-order valence-electron chi connectivity index (χ4n) is 3.14. The number of benzene rings is 1. The number of rotatable bonds is 5. The molecule has 22 heavy (non-hydrogen) atoms. The quantitative estimate of drug-likeness (QED) is 0.918. The highest BCUT2D eigenvalue weighted by molar-refractivity contribution is 6.99. The van der Waals surface area contributed by atoms with Crippen LogP contribution in [0.1, 0.15) is 24.8 Å². The molecule has 5 nitrogen and oxygen atoms in total. The van der Waals surface area contributed by atoms with Gasteiger partial charge in [0.2, 0.25) is 0 Å². The molecule has 1 aromatic heterocycles. The first-order valence-corrected chi connectivity index (χ1v) is 8.09. The van der Waals surface area contributed by atoms with Crippen LogP contribution in [0.3, 0.4) is 0 Å². The molecule has 2 fully saturated rings. The summed E-state index contributed by atoms with van der Waals surface area (Å²) in [6, 6.07) is 6.20. The van der Waals surface area contributed by atoms with Gasteiger partial charge in [-0.15, -0.1) is 8.75 Å². The summed E-state index contributed by atoms with van der Waals surface area (Å²) in [5.74, 6) is 1.29. The lowest BCUT2D eigenvalue weighted by Crippen LogP contribution is -2.45. The zero-order valence-corrected chi connectivity index (χ0v) is 12.7. The SMILES string of the molecule is Fc1ccc(COc2nsnc2OC23CCC(CN2)C3)cc1. The lowest BCUT2D eigenvalue weighted by atomic mass is 10.1. The second-order valence-corrected chi connectivity index (χ2v) is 6.40. The van der Waals surface area contributed by atoms with Crippen LogP contribution in [0, 0.1) is 11.7 Å². The van der Waals surface area contributed by atoms with E-state index in [1.54, 1.807) is 12.1 Å². The van der Waals surface area contributed by atoms with Gasteiger partial charge in [-0.05, 0) is 30.0 Å². The topological polar surface area (TPSA) is 56.3 Å². The molecule has 1 saturated heterocycles. The molecule has 1 saturated carbocycles. The maximum atomic E-state index is 12.9. The average molecular weight is 321 g/mol. The van der Waals surface area contributed by atoms with Crippen molar-refractivity contribution >= 4 is 11.7 Å². The van der Waals surface area contributed by atoms with Gasteiger partial charge in [-0.1, -0.05) is 12.1 Å². The number of halogens is 1. The minimum absolute atomic E-state index is 0.259. The zero-order valence-electron chi connectivity index (χ0n) is 11.9. The van der Waals surface area contributed by atoms with E-state index in [-0.39, 0.29) is 11.5 Å². The van der Waals surface area contributed by atoms with E-state index in [0.717, 1.165) is 36.7 Å². The highest BCUT2D eigenvalue weighted by Gasteiger charge is 2.47. The maximum Gasteiger partial charge on any atom is 0.292 e. The molecule has 2 aromatic rings. The van der Waals surface area contributed by atoms with Crippen molar-refractivity contribution in [2.24, 2.45) is 5.92 Å². The third-order valence-electron chi connectivity index (χ3n) is 4.30. The molecule has 2 aliphatic rings. The number of nitrogens with one attached hydrogen (secondary N) is 1. The first-order valence-electron chi connectivity index (χ1n) is 7.36. The first-order chi connectivity index (χ1) is 10.7. The van der Waals surface area contributed by atoms with Crippen molar-refractivity contribution in [2.75, 3.05) is 6.54 Å². The van der Waals surface area contributed by atoms with Gasteiger partial charge in [0.25, 0.3) is 11.8 Å². The van der Waals surface area contributed by atoms with E-state index < -0.39 is 0 Å². The molecule has 1 aromatic carbocycles. The highest BCUT2D eigenvalue weighted by atomic mass is 32.1. The number of fused-ring (bicyclic) bond motifs is 2. The molecule has 2 heterocycles. The van der Waals surface area contributed by atoms with Crippen LogP contribution in [-0.2, 0) is 6.61 Å². The van der Waals surface area contributed by atoms with Gasteiger partial charge in [0.15, 0.2) is 5.72 Å². The largest absolute Gasteiger partial charge is 0.468 e. The fraction of sp³-hybridized carbons (Fsp3) is 0.467. The van der Waals surface area contributed by atoms with Crippen LogP contribution in [0.5, 0.6) is 11.8 Å². The maximum absolute atomic E-state index is 12.9. The van der Waals surface area contributed by atoms with Gasteiger partial charge in [-0.3, -0.25) is 5.32 Å². The Hall–Kier alpha value is -1.73. The summed E-state index contributed by atoms with van der Waals surface area (Å²) in [6.07, 6.45) is 3.20. The van der Waals surface area contributed by atoms with Crippen LogP contribution in [0.25, 0.3) is 0 Å². The van der Waals surface area contributed by atoms with Crippen LogP contribution in [0.2, 0.25) is 0 Å². The second-order valence-electron chi connectivity index (χ2n) is 5.88. The molecule has 2 bridgehead atoms. The average Bonchev–Trinajstić information content (AvgIpc) is 3.23. The minimum atomic E-state index is -0.297. The predicted octanol–water partition coefficient (Wildman–Crippen LogP) is 2.73. The Labute approximate surface area is 131 Å². The number of piperidine rings is 1. The molecule has 4 rings (SSSR count). The Morgan fingerprint density at radius 2 is 2.09 bits per heavy atom. The monoisotopic (exact) mass is 321 g/mol. The molecule has 2 atom stereocenters. The van der Waals surface area contributed by atoms with Crippen molar-refractivity contribution in [2.45, 2.75) is 31.6 Å². The van der Waals surface area contributed by atoms with Gasteiger partial charge in [0.05, 0.1) is 11.7 Å². The summed E-state index contributed by atoms with van der Waals surface area (Å²) >= 11 is 1.07. The third-order valence-corrected chi connectivity index (χ3v) is 4.79. The molecule has 7 heteroatoms. The van der Waals surface area contributed by atoms with Gasteiger partial charge < -0.3 is 9.47 Å². The number of hydrogen-bond donors (Lipinski definition) is 1. The summed E-state index contributed by atoms with van der Waals surface area (Å²) in [6.45, 7) is 1.31. The van der Waals surface area contributed by atoms with Crippen LogP contribution < -0.4 is 14.8 Å². The van der Waals surface area contributed by atoms with Crippen LogP contribution in [0.4, 0.5) is 4.39 Å². The normalized spacial score (nSPS) is 26.3. The van der Waals surface area contributed by atoms with E-state index in [4.69, 9.17) is 9.47 Å². The van der Waals surface area contributed by atoms with Crippen LogP contribution in [-0.4, -0.2) is 21.0 Å². The molecule has 116 valence electrons. The molecule has 1 N–H and O–H groups in total. The van der Waals surface area contributed by atoms with E-state index in [0.29, 0.717) is 24.3 Å². The van der Waals surface area contributed by atoms with E-state index in [1.807, 2.05) is 0 Å². The molecular weight excluding hydrogens is 305 g/mol. The summed E-state index contributed by atoms with van der Waals surface area (Å²) in [5, 5.41) is 3.43. The van der Waals surface area contributed by atoms with Crippen molar-refractivity contribution in [3.8, 4) is 11.8 Å². The van der Waals surface area contributed by atoms with Crippen LogP contribution >= 0.6 is 11.7 Å². The summed E-state index contributed by atoms with van der Waals surface area (Å²) in [7, 11) is 0. The predicted molar refractivity (Wildman–Crippen MR) is 79.3 cm³/mol. The fourth-order valence-corrected chi connectivity index (χ4v) is 3.58. The van der Waals surface area contributed by atoms with Crippen molar-refractivity contribution in [3.63, 3.8) is 0 Å². The second kappa shape index (κ2) is 5.48. The third kappa shape index (κ3) is 2.66. The summed E-state index contributed by atoms with van der Waals surface area (Å²) in [4.78, 5) is 0. The van der Waals surface area contributed by atoms with Crippen molar-refractivity contribution in [1.29, 1.82) is 0 Å². The zero-order chi connectivity index (χ0) is 15.0. The molecule has 1 aliphatic carbocycles.